The van der Waals surface area contributed by atoms with Crippen molar-refractivity contribution in [3.05, 3.63) is 0 Å². The molecule has 0 aromatic heterocycles. The Balaban J connectivity index is 1.66. The van der Waals surface area contributed by atoms with Gasteiger partial charge in [0.1, 0.15) is 0 Å². The highest BCUT2D eigenvalue weighted by atomic mass is 16.2. The first-order chi connectivity index (χ1) is 9.60. The summed E-state index contributed by atoms with van der Waals surface area (Å²) in [6.07, 6.45) is 5.73. The minimum Gasteiger partial charge on any atom is -0.343 e. The van der Waals surface area contributed by atoms with Crippen molar-refractivity contribution in [1.29, 1.82) is 0 Å². The van der Waals surface area contributed by atoms with Crippen molar-refractivity contribution in [2.24, 2.45) is 17.8 Å². The molecule has 0 radical (unpaired) electrons. The van der Waals surface area contributed by atoms with Crippen molar-refractivity contribution < 1.29 is 4.79 Å². The summed E-state index contributed by atoms with van der Waals surface area (Å²) in [4.78, 5) is 16.9. The Morgan fingerprint density at radius 3 is 2.40 bits per heavy atom. The number of likely N-dealkylation sites (tertiary alicyclic amines) is 2. The Morgan fingerprint density at radius 1 is 1.15 bits per heavy atom. The molecule has 2 heterocycles. The number of rotatable bonds is 5. The molecule has 1 atom stereocenters. The van der Waals surface area contributed by atoms with Crippen LogP contribution >= 0.6 is 0 Å². The summed E-state index contributed by atoms with van der Waals surface area (Å²) in [5, 5.41) is 0. The van der Waals surface area contributed by atoms with Crippen molar-refractivity contribution in [2.75, 3.05) is 32.7 Å². The monoisotopic (exact) mass is 280 g/mol. The van der Waals surface area contributed by atoms with Crippen LogP contribution < -0.4 is 0 Å². The van der Waals surface area contributed by atoms with E-state index >= 15 is 0 Å². The van der Waals surface area contributed by atoms with Crippen LogP contribution in [0.3, 0.4) is 0 Å². The average molecular weight is 280 g/mol. The lowest BCUT2D eigenvalue weighted by Gasteiger charge is -2.34. The summed E-state index contributed by atoms with van der Waals surface area (Å²) >= 11 is 0. The van der Waals surface area contributed by atoms with E-state index in [2.05, 4.69) is 30.6 Å². The highest BCUT2D eigenvalue weighted by Crippen LogP contribution is 2.25. The van der Waals surface area contributed by atoms with Gasteiger partial charge in [0.15, 0.2) is 0 Å². The predicted octanol–water partition coefficient (Wildman–Crippen LogP) is 3.00. The minimum absolute atomic E-state index is 0.382. The number of carbonyl (C=O) groups excluding carboxylic acids is 1. The molecule has 3 nitrogen and oxygen atoms in total. The molecule has 2 aliphatic rings. The maximum Gasteiger partial charge on any atom is 0.223 e. The molecular weight excluding hydrogens is 248 g/mol. The van der Waals surface area contributed by atoms with Gasteiger partial charge in [0.2, 0.25) is 5.91 Å². The van der Waals surface area contributed by atoms with Crippen LogP contribution in [0.2, 0.25) is 0 Å². The van der Waals surface area contributed by atoms with Crippen LogP contribution in [0.1, 0.15) is 52.9 Å². The molecular formula is C17H32N2O. The second-order valence-electron chi connectivity index (χ2n) is 7.08. The standard InChI is InChI=1S/C17H32N2O/c1-4-15-5-9-18(13-15)10-8-17(20)19-11-6-16(7-12-19)14(2)3/h14-16H,4-13H2,1-3H3/t15-/m0/s1. The molecule has 0 aliphatic carbocycles. The van der Waals surface area contributed by atoms with Crippen LogP contribution in [0, 0.1) is 17.8 Å². The number of nitrogens with zero attached hydrogens (tertiary/aromatic N) is 2. The van der Waals surface area contributed by atoms with Crippen LogP contribution in [0.15, 0.2) is 0 Å². The van der Waals surface area contributed by atoms with Gasteiger partial charge in [-0.25, -0.2) is 0 Å². The fraction of sp³-hybridized carbons (Fsp3) is 0.941. The van der Waals surface area contributed by atoms with Gasteiger partial charge in [0.05, 0.1) is 0 Å². The van der Waals surface area contributed by atoms with Crippen molar-refractivity contribution in [1.82, 2.24) is 9.80 Å². The van der Waals surface area contributed by atoms with Crippen LogP contribution in [-0.2, 0) is 4.79 Å². The molecule has 0 bridgehead atoms. The third-order valence-electron chi connectivity index (χ3n) is 5.42. The van der Waals surface area contributed by atoms with Gasteiger partial charge in [0.25, 0.3) is 0 Å². The Bertz CT molecular complexity index is 308. The summed E-state index contributed by atoms with van der Waals surface area (Å²) in [7, 11) is 0. The van der Waals surface area contributed by atoms with E-state index in [-0.39, 0.29) is 0 Å². The van der Waals surface area contributed by atoms with Gasteiger partial charge in [-0.2, -0.15) is 0 Å². The van der Waals surface area contributed by atoms with Gasteiger partial charge in [-0.05, 0) is 43.6 Å². The second kappa shape index (κ2) is 7.44. The van der Waals surface area contributed by atoms with E-state index in [1.165, 1.54) is 38.8 Å². The summed E-state index contributed by atoms with van der Waals surface area (Å²) < 4.78 is 0. The van der Waals surface area contributed by atoms with E-state index in [4.69, 9.17) is 0 Å². The molecule has 116 valence electrons. The first kappa shape index (κ1) is 15.8. The quantitative estimate of drug-likeness (QED) is 0.773. The van der Waals surface area contributed by atoms with Crippen molar-refractivity contribution >= 4 is 5.91 Å². The summed E-state index contributed by atoms with van der Waals surface area (Å²) in [6.45, 7) is 12.2. The smallest absolute Gasteiger partial charge is 0.223 e. The molecule has 20 heavy (non-hydrogen) atoms. The third kappa shape index (κ3) is 4.21. The van der Waals surface area contributed by atoms with Gasteiger partial charge in [-0.1, -0.05) is 27.2 Å². The van der Waals surface area contributed by atoms with E-state index in [1.54, 1.807) is 0 Å². The number of hydrogen-bond acceptors (Lipinski definition) is 2. The summed E-state index contributed by atoms with van der Waals surface area (Å²) in [5.74, 6) is 2.84. The first-order valence-corrected chi connectivity index (χ1v) is 8.60. The van der Waals surface area contributed by atoms with Crippen molar-refractivity contribution in [3.8, 4) is 0 Å². The van der Waals surface area contributed by atoms with Gasteiger partial charge in [0, 0.05) is 32.6 Å². The van der Waals surface area contributed by atoms with Gasteiger partial charge < -0.3 is 9.80 Å². The molecule has 0 aromatic rings. The normalized spacial score (nSPS) is 25.6. The molecule has 0 unspecified atom stereocenters. The molecule has 0 aromatic carbocycles. The maximum atomic E-state index is 12.3. The zero-order valence-electron chi connectivity index (χ0n) is 13.6. The molecule has 2 saturated heterocycles. The van der Waals surface area contributed by atoms with Crippen LogP contribution in [0.5, 0.6) is 0 Å². The zero-order valence-corrected chi connectivity index (χ0v) is 13.6. The minimum atomic E-state index is 0.382. The fourth-order valence-electron chi connectivity index (χ4n) is 3.68. The average Bonchev–Trinajstić information content (AvgIpc) is 2.93. The number of carbonyl (C=O) groups is 1. The Kier molecular flexibility index (Phi) is 5.88. The molecule has 2 aliphatic heterocycles. The predicted molar refractivity (Wildman–Crippen MR) is 83.6 cm³/mol. The molecule has 0 N–H and O–H groups in total. The molecule has 0 saturated carbocycles. The van der Waals surface area contributed by atoms with Gasteiger partial charge in [-0.3, -0.25) is 4.79 Å². The number of piperidine rings is 1. The Morgan fingerprint density at radius 2 is 1.85 bits per heavy atom. The number of amides is 1. The third-order valence-corrected chi connectivity index (χ3v) is 5.42. The highest BCUT2D eigenvalue weighted by Gasteiger charge is 2.26. The van der Waals surface area contributed by atoms with Crippen molar-refractivity contribution in [2.45, 2.75) is 52.9 Å². The van der Waals surface area contributed by atoms with Gasteiger partial charge in [-0.15, -0.1) is 0 Å². The van der Waals surface area contributed by atoms with E-state index in [0.717, 1.165) is 43.8 Å². The van der Waals surface area contributed by atoms with Crippen LogP contribution in [-0.4, -0.2) is 48.4 Å². The van der Waals surface area contributed by atoms with Gasteiger partial charge >= 0.3 is 0 Å². The van der Waals surface area contributed by atoms with Crippen LogP contribution in [0.4, 0.5) is 0 Å². The largest absolute Gasteiger partial charge is 0.343 e. The van der Waals surface area contributed by atoms with E-state index in [1.807, 2.05) is 0 Å². The molecule has 1 amide bonds. The lowest BCUT2D eigenvalue weighted by molar-refractivity contribution is -0.133. The summed E-state index contributed by atoms with van der Waals surface area (Å²) in [6, 6.07) is 0. The van der Waals surface area contributed by atoms with Crippen molar-refractivity contribution in [3.63, 3.8) is 0 Å². The maximum absolute atomic E-state index is 12.3. The molecule has 3 heteroatoms. The molecule has 2 rings (SSSR count). The Labute approximate surface area is 124 Å². The topological polar surface area (TPSA) is 23.6 Å². The zero-order chi connectivity index (χ0) is 14.5. The molecule has 0 spiro atoms. The van der Waals surface area contributed by atoms with E-state index in [0.29, 0.717) is 5.91 Å². The fourth-order valence-corrected chi connectivity index (χ4v) is 3.68. The lowest BCUT2D eigenvalue weighted by Crippen LogP contribution is -2.40. The summed E-state index contributed by atoms with van der Waals surface area (Å²) in [5.41, 5.74) is 0. The first-order valence-electron chi connectivity index (χ1n) is 8.60. The van der Waals surface area contributed by atoms with Crippen LogP contribution in [0.25, 0.3) is 0 Å². The van der Waals surface area contributed by atoms with E-state index in [9.17, 15) is 4.79 Å². The highest BCUT2D eigenvalue weighted by molar-refractivity contribution is 5.76. The SMILES string of the molecule is CC[C@H]1CCN(CCC(=O)N2CCC(C(C)C)CC2)C1. The van der Waals surface area contributed by atoms with E-state index < -0.39 is 0 Å². The number of hydrogen-bond donors (Lipinski definition) is 0. The lowest BCUT2D eigenvalue weighted by atomic mass is 9.86. The molecule has 2 fully saturated rings. The second-order valence-corrected chi connectivity index (χ2v) is 7.08. The Hall–Kier alpha value is -0.570.